The molecule has 1 aromatic carbocycles. The van der Waals surface area contributed by atoms with Crippen LogP contribution >= 0.6 is 0 Å². The van der Waals surface area contributed by atoms with Crippen LogP contribution in [-0.4, -0.2) is 28.8 Å². The molecule has 0 amide bonds. The molecule has 0 saturated carbocycles. The highest BCUT2D eigenvalue weighted by Gasteiger charge is 2.01. The SMILES string of the molecule is COc1ccc2cnc(CCCO)nc2c1. The van der Waals surface area contributed by atoms with Crippen molar-refractivity contribution >= 4 is 10.9 Å². The lowest BCUT2D eigenvalue weighted by atomic mass is 10.2. The first-order valence-corrected chi connectivity index (χ1v) is 5.24. The van der Waals surface area contributed by atoms with E-state index in [1.54, 1.807) is 13.3 Å². The first kappa shape index (κ1) is 10.8. The highest BCUT2D eigenvalue weighted by atomic mass is 16.5. The van der Waals surface area contributed by atoms with E-state index in [4.69, 9.17) is 9.84 Å². The second-order valence-electron chi connectivity index (χ2n) is 3.54. The number of hydrogen-bond acceptors (Lipinski definition) is 4. The molecule has 0 fully saturated rings. The molecule has 4 nitrogen and oxygen atoms in total. The Balaban J connectivity index is 2.35. The summed E-state index contributed by atoms with van der Waals surface area (Å²) in [5.41, 5.74) is 0.877. The Bertz CT molecular complexity index is 485. The molecular formula is C12H14N2O2. The van der Waals surface area contributed by atoms with Gasteiger partial charge in [-0.15, -0.1) is 0 Å². The normalized spacial score (nSPS) is 10.6. The molecule has 0 unspecified atom stereocenters. The van der Waals surface area contributed by atoms with E-state index >= 15 is 0 Å². The number of benzene rings is 1. The van der Waals surface area contributed by atoms with Gasteiger partial charge in [0.2, 0.25) is 0 Å². The number of aryl methyl sites for hydroxylation is 1. The molecule has 0 aliphatic carbocycles. The lowest BCUT2D eigenvalue weighted by Crippen LogP contribution is -1.97. The Morgan fingerprint density at radius 1 is 1.38 bits per heavy atom. The predicted octanol–water partition coefficient (Wildman–Crippen LogP) is 1.56. The Kier molecular flexibility index (Phi) is 3.31. The van der Waals surface area contributed by atoms with Crippen molar-refractivity contribution < 1.29 is 9.84 Å². The number of ether oxygens (including phenoxy) is 1. The number of nitrogens with zero attached hydrogens (tertiary/aromatic N) is 2. The Morgan fingerprint density at radius 3 is 3.00 bits per heavy atom. The molecule has 0 aliphatic rings. The summed E-state index contributed by atoms with van der Waals surface area (Å²) in [4.78, 5) is 8.66. The van der Waals surface area contributed by atoms with Crippen LogP contribution in [0.15, 0.2) is 24.4 Å². The van der Waals surface area contributed by atoms with Crippen LogP contribution < -0.4 is 4.74 Å². The molecule has 1 N–H and O–H groups in total. The quantitative estimate of drug-likeness (QED) is 0.846. The summed E-state index contributed by atoms with van der Waals surface area (Å²) in [6.45, 7) is 0.166. The number of aromatic nitrogens is 2. The van der Waals surface area contributed by atoms with Gasteiger partial charge in [-0.3, -0.25) is 0 Å². The zero-order valence-electron chi connectivity index (χ0n) is 9.18. The van der Waals surface area contributed by atoms with E-state index < -0.39 is 0 Å². The molecular weight excluding hydrogens is 204 g/mol. The number of rotatable bonds is 4. The van der Waals surface area contributed by atoms with Gasteiger partial charge in [-0.05, 0) is 18.6 Å². The van der Waals surface area contributed by atoms with Crippen molar-refractivity contribution in [2.24, 2.45) is 0 Å². The largest absolute Gasteiger partial charge is 0.497 e. The third-order valence-electron chi connectivity index (χ3n) is 2.40. The van der Waals surface area contributed by atoms with Crippen LogP contribution in [0.5, 0.6) is 5.75 Å². The molecule has 0 atom stereocenters. The van der Waals surface area contributed by atoms with E-state index in [0.717, 1.165) is 22.5 Å². The average molecular weight is 218 g/mol. The minimum atomic E-state index is 0.166. The van der Waals surface area contributed by atoms with Crippen molar-refractivity contribution in [2.75, 3.05) is 13.7 Å². The molecule has 1 heterocycles. The van der Waals surface area contributed by atoms with Gasteiger partial charge in [-0.1, -0.05) is 0 Å². The Morgan fingerprint density at radius 2 is 2.25 bits per heavy atom. The van der Waals surface area contributed by atoms with Crippen LogP contribution in [0.2, 0.25) is 0 Å². The maximum atomic E-state index is 8.75. The van der Waals surface area contributed by atoms with Gasteiger partial charge in [0.25, 0.3) is 0 Å². The second-order valence-corrected chi connectivity index (χ2v) is 3.54. The maximum Gasteiger partial charge on any atom is 0.129 e. The fraction of sp³-hybridized carbons (Fsp3) is 0.333. The van der Waals surface area contributed by atoms with Gasteiger partial charge in [0.15, 0.2) is 0 Å². The predicted molar refractivity (Wildman–Crippen MR) is 61.5 cm³/mol. The summed E-state index contributed by atoms with van der Waals surface area (Å²) >= 11 is 0. The third-order valence-corrected chi connectivity index (χ3v) is 2.40. The van der Waals surface area contributed by atoms with E-state index in [1.165, 1.54) is 0 Å². The summed E-state index contributed by atoms with van der Waals surface area (Å²) in [7, 11) is 1.63. The van der Waals surface area contributed by atoms with E-state index in [2.05, 4.69) is 9.97 Å². The van der Waals surface area contributed by atoms with Crippen LogP contribution in [0, 0.1) is 0 Å². The average Bonchev–Trinajstić information content (AvgIpc) is 2.35. The van der Waals surface area contributed by atoms with Crippen LogP contribution in [0.25, 0.3) is 10.9 Å². The number of hydrogen-bond donors (Lipinski definition) is 1. The van der Waals surface area contributed by atoms with Crippen molar-refractivity contribution in [3.63, 3.8) is 0 Å². The van der Waals surface area contributed by atoms with Crippen molar-refractivity contribution in [3.05, 3.63) is 30.2 Å². The number of methoxy groups -OCH3 is 1. The van der Waals surface area contributed by atoms with Crippen LogP contribution in [0.3, 0.4) is 0 Å². The Labute approximate surface area is 93.9 Å². The van der Waals surface area contributed by atoms with Gasteiger partial charge in [0.1, 0.15) is 11.6 Å². The standard InChI is InChI=1S/C12H14N2O2/c1-16-10-5-4-9-8-13-12(3-2-6-15)14-11(9)7-10/h4-5,7-8,15H,2-3,6H2,1H3. The maximum absolute atomic E-state index is 8.75. The summed E-state index contributed by atoms with van der Waals surface area (Å²) in [6, 6.07) is 5.71. The van der Waals surface area contributed by atoms with E-state index in [9.17, 15) is 0 Å². The van der Waals surface area contributed by atoms with Gasteiger partial charge in [0.05, 0.1) is 12.6 Å². The van der Waals surface area contributed by atoms with Crippen molar-refractivity contribution in [2.45, 2.75) is 12.8 Å². The summed E-state index contributed by atoms with van der Waals surface area (Å²) < 4.78 is 5.14. The minimum Gasteiger partial charge on any atom is -0.497 e. The molecule has 2 rings (SSSR count). The lowest BCUT2D eigenvalue weighted by molar-refractivity contribution is 0.287. The summed E-state index contributed by atoms with van der Waals surface area (Å²) in [6.07, 6.45) is 3.19. The monoisotopic (exact) mass is 218 g/mol. The second kappa shape index (κ2) is 4.90. The lowest BCUT2D eigenvalue weighted by Gasteiger charge is -2.03. The molecule has 0 radical (unpaired) electrons. The molecule has 2 aromatic rings. The molecule has 0 spiro atoms. The summed E-state index contributed by atoms with van der Waals surface area (Å²) in [5, 5.41) is 9.74. The molecule has 0 bridgehead atoms. The van der Waals surface area contributed by atoms with Crippen molar-refractivity contribution in [1.29, 1.82) is 0 Å². The molecule has 0 saturated heterocycles. The fourth-order valence-corrected chi connectivity index (χ4v) is 1.53. The highest BCUT2D eigenvalue weighted by Crippen LogP contribution is 2.18. The van der Waals surface area contributed by atoms with Crippen molar-refractivity contribution in [1.82, 2.24) is 9.97 Å². The van der Waals surface area contributed by atoms with Gasteiger partial charge in [-0.2, -0.15) is 0 Å². The summed E-state index contributed by atoms with van der Waals surface area (Å²) in [5.74, 6) is 1.55. The zero-order chi connectivity index (χ0) is 11.4. The van der Waals surface area contributed by atoms with Crippen LogP contribution in [0.4, 0.5) is 0 Å². The topological polar surface area (TPSA) is 55.2 Å². The first-order valence-electron chi connectivity index (χ1n) is 5.24. The molecule has 0 aliphatic heterocycles. The molecule has 1 aromatic heterocycles. The van der Waals surface area contributed by atoms with Crippen molar-refractivity contribution in [3.8, 4) is 5.75 Å². The first-order chi connectivity index (χ1) is 7.83. The van der Waals surface area contributed by atoms with Crippen LogP contribution in [-0.2, 0) is 6.42 Å². The number of aliphatic hydroxyl groups excluding tert-OH is 1. The van der Waals surface area contributed by atoms with E-state index in [0.29, 0.717) is 12.8 Å². The van der Waals surface area contributed by atoms with E-state index in [-0.39, 0.29) is 6.61 Å². The van der Waals surface area contributed by atoms with Gasteiger partial charge in [-0.25, -0.2) is 9.97 Å². The highest BCUT2D eigenvalue weighted by molar-refractivity contribution is 5.79. The van der Waals surface area contributed by atoms with E-state index in [1.807, 2.05) is 18.2 Å². The Hall–Kier alpha value is -1.68. The van der Waals surface area contributed by atoms with Crippen LogP contribution in [0.1, 0.15) is 12.2 Å². The number of aliphatic hydroxyl groups is 1. The van der Waals surface area contributed by atoms with Gasteiger partial charge < -0.3 is 9.84 Å². The number of fused-ring (bicyclic) bond motifs is 1. The third kappa shape index (κ3) is 2.28. The van der Waals surface area contributed by atoms with Gasteiger partial charge >= 0.3 is 0 Å². The minimum absolute atomic E-state index is 0.166. The molecule has 84 valence electrons. The smallest absolute Gasteiger partial charge is 0.129 e. The molecule has 4 heteroatoms. The molecule has 16 heavy (non-hydrogen) atoms. The zero-order valence-corrected chi connectivity index (χ0v) is 9.18. The fourth-order valence-electron chi connectivity index (χ4n) is 1.53. The van der Waals surface area contributed by atoms with Gasteiger partial charge in [0, 0.05) is 30.7 Å².